The molecule has 0 saturated carbocycles. The smallest absolute Gasteiger partial charge is 0.155 e. The molecule has 0 spiro atoms. The summed E-state index contributed by atoms with van der Waals surface area (Å²) in [5, 5.41) is 2.05. The van der Waals surface area contributed by atoms with Crippen molar-refractivity contribution < 1.29 is 0 Å². The zero-order valence-electron chi connectivity index (χ0n) is 30.5. The molecule has 53 heavy (non-hydrogen) atoms. The quantitative estimate of drug-likeness (QED) is 0.133. The van der Waals surface area contributed by atoms with Gasteiger partial charge in [-0.05, 0) is 100 Å². The van der Waals surface area contributed by atoms with Crippen molar-refractivity contribution in [3.8, 4) is 11.1 Å². The Hall–Kier alpha value is -5.97. The molecule has 4 heteroatoms. The molecule has 0 N–H and O–H groups in total. The van der Waals surface area contributed by atoms with E-state index in [1.807, 2.05) is 36.5 Å². The summed E-state index contributed by atoms with van der Waals surface area (Å²) in [4.78, 5) is 11.5. The number of amidine groups is 1. The zero-order valence-corrected chi connectivity index (χ0v) is 31.4. The third kappa shape index (κ3) is 7.94. The van der Waals surface area contributed by atoms with Crippen molar-refractivity contribution in [1.29, 1.82) is 0 Å². The minimum atomic E-state index is -0.477. The first-order valence-electron chi connectivity index (χ1n) is 17.9. The molecule has 1 aliphatic heterocycles. The average molecular weight is 706 g/mol. The third-order valence-electron chi connectivity index (χ3n) is 9.77. The van der Waals surface area contributed by atoms with Crippen LogP contribution in [0.15, 0.2) is 185 Å². The molecule has 260 valence electrons. The van der Waals surface area contributed by atoms with Gasteiger partial charge < -0.3 is 0 Å². The fourth-order valence-electron chi connectivity index (χ4n) is 6.74. The van der Waals surface area contributed by atoms with Crippen molar-refractivity contribution in [2.75, 3.05) is 4.31 Å². The maximum Gasteiger partial charge on any atom is 0.155 e. The molecule has 0 aromatic heterocycles. The molecule has 1 aliphatic rings. The van der Waals surface area contributed by atoms with Gasteiger partial charge in [0.2, 0.25) is 0 Å². The van der Waals surface area contributed by atoms with Gasteiger partial charge in [-0.3, -0.25) is 9.30 Å². The van der Waals surface area contributed by atoms with Crippen LogP contribution >= 0.6 is 11.9 Å². The fourth-order valence-corrected chi connectivity index (χ4v) is 7.67. The Balaban J connectivity index is 1.15. The Morgan fingerprint density at radius 3 is 2.06 bits per heavy atom. The van der Waals surface area contributed by atoms with E-state index in [1.165, 1.54) is 22.3 Å². The molecule has 0 amide bonds. The predicted molar refractivity (Wildman–Crippen MR) is 229 cm³/mol. The van der Waals surface area contributed by atoms with Gasteiger partial charge in [-0.15, -0.1) is 0 Å². The topological polar surface area (TPSA) is 28.0 Å². The maximum absolute atomic E-state index is 5.30. The lowest BCUT2D eigenvalue weighted by atomic mass is 9.83. The Labute approximate surface area is 318 Å². The van der Waals surface area contributed by atoms with Crippen molar-refractivity contribution in [3.05, 3.63) is 209 Å². The van der Waals surface area contributed by atoms with Crippen LogP contribution in [-0.2, 0) is 5.54 Å². The van der Waals surface area contributed by atoms with Crippen LogP contribution in [0.5, 0.6) is 0 Å². The van der Waals surface area contributed by atoms with Gasteiger partial charge in [0.15, 0.2) is 5.84 Å². The molecule has 6 aromatic rings. The van der Waals surface area contributed by atoms with Crippen LogP contribution in [0.3, 0.4) is 0 Å². The number of rotatable bonds is 10. The highest BCUT2D eigenvalue weighted by Crippen LogP contribution is 2.37. The minimum absolute atomic E-state index is 0.477. The number of hydrogen-bond acceptors (Lipinski definition) is 4. The Bertz CT molecular complexity index is 2450. The molecule has 0 saturated heterocycles. The Morgan fingerprint density at radius 1 is 0.736 bits per heavy atom. The second-order valence-electron chi connectivity index (χ2n) is 13.6. The molecule has 0 radical (unpaired) electrons. The lowest BCUT2D eigenvalue weighted by Gasteiger charge is -2.31. The Kier molecular flexibility index (Phi) is 10.5. The predicted octanol–water partition coefficient (Wildman–Crippen LogP) is 11.2. The fraction of sp³-hybridized carbons (Fsp3) is 0.102. The van der Waals surface area contributed by atoms with Crippen LogP contribution in [0.4, 0.5) is 5.69 Å². The number of anilines is 1. The zero-order chi connectivity index (χ0) is 36.8. The third-order valence-corrected chi connectivity index (χ3v) is 10.8. The highest BCUT2D eigenvalue weighted by molar-refractivity contribution is 8.00. The highest BCUT2D eigenvalue weighted by Gasteiger charge is 2.33. The van der Waals surface area contributed by atoms with Gasteiger partial charge in [0.05, 0.1) is 16.9 Å². The van der Waals surface area contributed by atoms with E-state index < -0.39 is 5.54 Å². The lowest BCUT2D eigenvalue weighted by molar-refractivity contribution is 0.515. The first-order valence-corrected chi connectivity index (χ1v) is 18.7. The molecule has 3 nitrogen and oxygen atoms in total. The molecule has 1 atom stereocenters. The van der Waals surface area contributed by atoms with Crippen LogP contribution in [0.2, 0.25) is 0 Å². The van der Waals surface area contributed by atoms with Crippen molar-refractivity contribution in [2.24, 2.45) is 9.98 Å². The van der Waals surface area contributed by atoms with E-state index in [0.29, 0.717) is 6.42 Å². The molecular weight excluding hydrogens is 663 g/mol. The first kappa shape index (κ1) is 35.4. The summed E-state index contributed by atoms with van der Waals surface area (Å²) >= 11 is 1.64. The van der Waals surface area contributed by atoms with E-state index in [4.69, 9.17) is 9.98 Å². The molecule has 1 unspecified atom stereocenters. The summed E-state index contributed by atoms with van der Waals surface area (Å²) in [7, 11) is 0. The monoisotopic (exact) mass is 705 g/mol. The number of benzene rings is 6. The number of nitrogens with zero attached hydrogens (tertiary/aromatic N) is 3. The summed E-state index contributed by atoms with van der Waals surface area (Å²) in [5.74, 6) is 0.768. The minimum Gasteiger partial charge on any atom is -0.287 e. The maximum atomic E-state index is 5.30. The van der Waals surface area contributed by atoms with Crippen LogP contribution in [0.1, 0.15) is 48.1 Å². The van der Waals surface area contributed by atoms with Crippen molar-refractivity contribution in [3.63, 3.8) is 0 Å². The van der Waals surface area contributed by atoms with E-state index in [2.05, 4.69) is 172 Å². The van der Waals surface area contributed by atoms with Crippen molar-refractivity contribution in [2.45, 2.75) is 37.6 Å². The summed E-state index contributed by atoms with van der Waals surface area (Å²) in [6.45, 7) is 15.1. The van der Waals surface area contributed by atoms with Gasteiger partial charge >= 0.3 is 0 Å². The summed E-state index contributed by atoms with van der Waals surface area (Å²) in [6.07, 6.45) is 6.91. The van der Waals surface area contributed by atoms with Gasteiger partial charge in [-0.1, -0.05) is 159 Å². The van der Waals surface area contributed by atoms with Gasteiger partial charge in [-0.2, -0.15) is 0 Å². The summed E-state index contributed by atoms with van der Waals surface area (Å²) in [6, 6.07) is 53.0. The number of aliphatic imine (C=N–C) groups is 2. The number of hydrogen-bond donors (Lipinski definition) is 0. The van der Waals surface area contributed by atoms with Crippen LogP contribution in [0.25, 0.3) is 29.4 Å². The van der Waals surface area contributed by atoms with E-state index in [-0.39, 0.29) is 0 Å². The van der Waals surface area contributed by atoms with Gasteiger partial charge in [0.1, 0.15) is 0 Å². The van der Waals surface area contributed by atoms with Gasteiger partial charge in [0, 0.05) is 23.1 Å². The van der Waals surface area contributed by atoms with Crippen LogP contribution in [-0.4, -0.2) is 11.5 Å². The normalized spacial score (nSPS) is 16.1. The number of aryl methyl sites for hydroxylation is 1. The van der Waals surface area contributed by atoms with E-state index in [1.54, 1.807) is 11.9 Å². The Morgan fingerprint density at radius 2 is 1.38 bits per heavy atom. The summed E-state index contributed by atoms with van der Waals surface area (Å²) in [5.41, 5.74) is 10.8. The molecule has 1 heterocycles. The molecule has 7 rings (SSSR count). The van der Waals surface area contributed by atoms with Crippen LogP contribution in [0, 0.1) is 6.92 Å². The molecule has 0 fully saturated rings. The standard InChI is InChI=1S/C49H43N3S/c1-6-52(53-45-23-14-9-15-24-45)47-36(3)26-28-39(37(47)4)27-25-35(2)38-29-31-40(32-30-38)43-21-16-22-44(33-43)49(5)34-46(41-17-10-7-11-18-41)50-48(51-49)42-19-12-8-13-20-42/h6-33H,1,4,34H2,2-3,5H3/b35-25+,39-27-. The SMILES string of the molecule is C=CN(Sc1ccccc1)c1c(C)cc/c(=C/C=C(\C)c2ccc(-c3cccc(C4(C)CC(c5ccccc5)=NC(c5ccccc5)=N4)c3)cc2)c1=C. The van der Waals surface area contributed by atoms with Gasteiger partial charge in [-0.25, -0.2) is 4.99 Å². The van der Waals surface area contributed by atoms with Crippen molar-refractivity contribution in [1.82, 2.24) is 0 Å². The molecule has 0 aliphatic carbocycles. The highest BCUT2D eigenvalue weighted by atomic mass is 32.2. The van der Waals surface area contributed by atoms with Crippen LogP contribution < -0.4 is 14.7 Å². The van der Waals surface area contributed by atoms with E-state index in [0.717, 1.165) is 54.8 Å². The molecule has 6 aromatic carbocycles. The van der Waals surface area contributed by atoms with Gasteiger partial charge in [0.25, 0.3) is 0 Å². The first-order chi connectivity index (χ1) is 25.8. The lowest BCUT2D eigenvalue weighted by Crippen LogP contribution is -2.30. The molecule has 0 bridgehead atoms. The number of allylic oxidation sites excluding steroid dienone is 2. The second kappa shape index (κ2) is 15.7. The molecular formula is C49H43N3S. The van der Waals surface area contributed by atoms with Crippen molar-refractivity contribution >= 4 is 47.4 Å². The second-order valence-corrected chi connectivity index (χ2v) is 14.6. The average Bonchev–Trinajstić information content (AvgIpc) is 3.21. The summed E-state index contributed by atoms with van der Waals surface area (Å²) < 4.78 is 2.10. The van der Waals surface area contributed by atoms with E-state index >= 15 is 0 Å². The largest absolute Gasteiger partial charge is 0.287 e. The van der Waals surface area contributed by atoms with E-state index in [9.17, 15) is 0 Å².